The third-order valence-electron chi connectivity index (χ3n) is 3.57. The van der Waals surface area contributed by atoms with E-state index in [1.165, 1.54) is 0 Å². The largest absolute Gasteiger partial charge is 0.341 e. The Labute approximate surface area is 122 Å². The molecule has 1 aromatic heterocycles. The molecule has 0 saturated carbocycles. The minimum atomic E-state index is -2.68. The highest BCUT2D eigenvalue weighted by molar-refractivity contribution is 5.85. The van der Waals surface area contributed by atoms with Crippen LogP contribution in [0.5, 0.6) is 0 Å². The second-order valence-corrected chi connectivity index (χ2v) is 4.94. The molecule has 1 aliphatic rings. The lowest BCUT2D eigenvalue weighted by Gasteiger charge is -2.15. The molecule has 20 heavy (non-hydrogen) atoms. The molecule has 0 aliphatic carbocycles. The molecule has 5 nitrogen and oxygen atoms in total. The van der Waals surface area contributed by atoms with Gasteiger partial charge in [0.25, 0.3) is 0 Å². The maximum absolute atomic E-state index is 12.7. The van der Waals surface area contributed by atoms with E-state index >= 15 is 0 Å². The van der Waals surface area contributed by atoms with Gasteiger partial charge in [-0.2, -0.15) is 13.9 Å². The summed E-state index contributed by atoms with van der Waals surface area (Å²) in [4.78, 5) is 13.8. The Morgan fingerprint density at radius 3 is 2.60 bits per heavy atom. The van der Waals surface area contributed by atoms with Crippen LogP contribution in [0.4, 0.5) is 8.78 Å². The van der Waals surface area contributed by atoms with E-state index in [0.717, 1.165) is 6.42 Å². The number of hydrogen-bond acceptors (Lipinski definition) is 3. The molecule has 1 fully saturated rings. The van der Waals surface area contributed by atoms with Crippen LogP contribution in [-0.2, 0) is 11.2 Å². The average molecular weight is 309 g/mol. The smallest absolute Gasteiger partial charge is 0.333 e. The van der Waals surface area contributed by atoms with Crippen molar-refractivity contribution >= 4 is 18.3 Å². The minimum Gasteiger partial charge on any atom is -0.341 e. The number of nitrogens with two attached hydrogens (primary N) is 1. The molecule has 1 aromatic rings. The maximum atomic E-state index is 12.7. The van der Waals surface area contributed by atoms with Crippen LogP contribution in [0.25, 0.3) is 0 Å². The number of aryl methyl sites for hydroxylation is 1. The second-order valence-electron chi connectivity index (χ2n) is 4.94. The number of alkyl halides is 2. The summed E-state index contributed by atoms with van der Waals surface area (Å²) < 4.78 is 26.1. The van der Waals surface area contributed by atoms with Gasteiger partial charge in [0.15, 0.2) is 0 Å². The van der Waals surface area contributed by atoms with Crippen molar-refractivity contribution in [2.24, 2.45) is 5.73 Å². The van der Waals surface area contributed by atoms with Gasteiger partial charge >= 0.3 is 6.55 Å². The predicted molar refractivity (Wildman–Crippen MR) is 73.1 cm³/mol. The van der Waals surface area contributed by atoms with Crippen LogP contribution in [0.1, 0.15) is 29.9 Å². The molecule has 2 N–H and O–H groups in total. The highest BCUT2D eigenvalue weighted by Crippen LogP contribution is 2.21. The van der Waals surface area contributed by atoms with Crippen molar-refractivity contribution in [3.63, 3.8) is 0 Å². The normalized spacial score (nSPS) is 18.5. The van der Waals surface area contributed by atoms with Gasteiger partial charge in [-0.25, -0.2) is 4.68 Å². The molecule has 8 heteroatoms. The molecule has 0 aromatic carbocycles. The van der Waals surface area contributed by atoms with Gasteiger partial charge in [0, 0.05) is 30.4 Å². The van der Waals surface area contributed by atoms with Crippen molar-refractivity contribution in [1.82, 2.24) is 14.7 Å². The number of likely N-dealkylation sites (tertiary alicyclic amines) is 1. The van der Waals surface area contributed by atoms with Crippen molar-refractivity contribution in [2.45, 2.75) is 39.3 Å². The molecule has 2 rings (SSSR count). The van der Waals surface area contributed by atoms with Crippen molar-refractivity contribution in [1.29, 1.82) is 0 Å². The Balaban J connectivity index is 0.00000200. The monoisotopic (exact) mass is 308 g/mol. The summed E-state index contributed by atoms with van der Waals surface area (Å²) in [6.45, 7) is 1.71. The van der Waals surface area contributed by atoms with Crippen LogP contribution in [0.2, 0.25) is 0 Å². The van der Waals surface area contributed by atoms with E-state index in [-0.39, 0.29) is 30.8 Å². The maximum Gasteiger partial charge on any atom is 0.333 e. The Kier molecular flexibility index (Phi) is 5.47. The van der Waals surface area contributed by atoms with Crippen LogP contribution in [0, 0.1) is 13.8 Å². The van der Waals surface area contributed by atoms with E-state index < -0.39 is 6.55 Å². The van der Waals surface area contributed by atoms with E-state index in [1.807, 2.05) is 0 Å². The number of nitrogens with zero attached hydrogens (tertiary/aromatic N) is 3. The number of carbonyl (C=O) groups excluding carboxylic acids is 1. The van der Waals surface area contributed by atoms with Gasteiger partial charge in [-0.15, -0.1) is 12.4 Å². The minimum absolute atomic E-state index is 0. The van der Waals surface area contributed by atoms with Gasteiger partial charge in [-0.05, 0) is 20.3 Å². The van der Waals surface area contributed by atoms with Gasteiger partial charge in [0.1, 0.15) is 0 Å². The first-order valence-corrected chi connectivity index (χ1v) is 6.26. The van der Waals surface area contributed by atoms with E-state index in [9.17, 15) is 13.6 Å². The van der Waals surface area contributed by atoms with E-state index in [2.05, 4.69) is 5.10 Å². The first-order valence-electron chi connectivity index (χ1n) is 6.26. The van der Waals surface area contributed by atoms with E-state index in [4.69, 9.17) is 5.73 Å². The lowest BCUT2D eigenvalue weighted by molar-refractivity contribution is -0.129. The first-order chi connectivity index (χ1) is 8.90. The number of rotatable bonds is 3. The second kappa shape index (κ2) is 6.49. The fourth-order valence-electron chi connectivity index (χ4n) is 2.42. The lowest BCUT2D eigenvalue weighted by Crippen LogP contribution is -2.33. The Hall–Kier alpha value is -1.21. The molecule has 2 heterocycles. The van der Waals surface area contributed by atoms with Crippen LogP contribution < -0.4 is 5.73 Å². The zero-order valence-electron chi connectivity index (χ0n) is 11.5. The zero-order valence-corrected chi connectivity index (χ0v) is 12.3. The predicted octanol–water partition coefficient (Wildman–Crippen LogP) is 1.42. The van der Waals surface area contributed by atoms with Gasteiger partial charge in [0.05, 0.1) is 12.1 Å². The molecule has 0 unspecified atom stereocenters. The van der Waals surface area contributed by atoms with Gasteiger partial charge in [0.2, 0.25) is 5.91 Å². The van der Waals surface area contributed by atoms with Crippen molar-refractivity contribution in [3.8, 4) is 0 Å². The highest BCUT2D eigenvalue weighted by atomic mass is 35.5. The molecular weight excluding hydrogens is 290 g/mol. The van der Waals surface area contributed by atoms with Crippen LogP contribution in [-0.4, -0.2) is 39.7 Å². The van der Waals surface area contributed by atoms with Crippen molar-refractivity contribution in [3.05, 3.63) is 17.0 Å². The summed E-state index contributed by atoms with van der Waals surface area (Å²) in [6.07, 6.45) is 0.900. The van der Waals surface area contributed by atoms with E-state index in [0.29, 0.717) is 34.7 Å². The molecule has 0 radical (unpaired) electrons. The number of aromatic nitrogens is 2. The summed E-state index contributed by atoms with van der Waals surface area (Å²) >= 11 is 0. The standard InChI is InChI=1S/C12H18F2N4O.ClH/c1-7-10(8(2)18(16-7)12(13)14)5-11(19)17-4-3-9(15)6-17;/h9,12H,3-6,15H2,1-2H3;1H/t9-;/m1./s1. The zero-order chi connectivity index (χ0) is 14.2. The van der Waals surface area contributed by atoms with Crippen molar-refractivity contribution in [2.75, 3.05) is 13.1 Å². The van der Waals surface area contributed by atoms with Crippen molar-refractivity contribution < 1.29 is 13.6 Å². The molecule has 114 valence electrons. The molecule has 1 atom stereocenters. The topological polar surface area (TPSA) is 64.2 Å². The third kappa shape index (κ3) is 3.27. The SMILES string of the molecule is Cc1nn(C(F)F)c(C)c1CC(=O)N1CC[C@@H](N)C1.Cl. The molecule has 1 aliphatic heterocycles. The number of halogens is 3. The summed E-state index contributed by atoms with van der Waals surface area (Å²) in [5, 5.41) is 3.78. The fraction of sp³-hybridized carbons (Fsp3) is 0.667. The number of hydrogen-bond donors (Lipinski definition) is 1. The summed E-state index contributed by atoms with van der Waals surface area (Å²) in [7, 11) is 0. The van der Waals surface area contributed by atoms with Gasteiger partial charge in [-0.3, -0.25) is 4.79 Å². The molecular formula is C12H19ClF2N4O. The van der Waals surface area contributed by atoms with Gasteiger partial charge < -0.3 is 10.6 Å². The Morgan fingerprint density at radius 2 is 2.15 bits per heavy atom. The average Bonchev–Trinajstić information content (AvgIpc) is 2.87. The van der Waals surface area contributed by atoms with Crippen LogP contribution >= 0.6 is 12.4 Å². The Morgan fingerprint density at radius 1 is 1.50 bits per heavy atom. The summed E-state index contributed by atoms with van der Waals surface area (Å²) in [5.41, 5.74) is 7.17. The Bertz CT molecular complexity index is 492. The van der Waals surface area contributed by atoms with Crippen LogP contribution in [0.15, 0.2) is 0 Å². The number of carbonyl (C=O) groups is 1. The van der Waals surface area contributed by atoms with Gasteiger partial charge in [-0.1, -0.05) is 0 Å². The third-order valence-corrected chi connectivity index (χ3v) is 3.57. The fourth-order valence-corrected chi connectivity index (χ4v) is 2.42. The van der Waals surface area contributed by atoms with Crippen LogP contribution in [0.3, 0.4) is 0 Å². The number of amides is 1. The highest BCUT2D eigenvalue weighted by Gasteiger charge is 2.26. The molecule has 1 amide bonds. The summed E-state index contributed by atoms with van der Waals surface area (Å²) in [5.74, 6) is -0.0760. The molecule has 0 spiro atoms. The quantitative estimate of drug-likeness (QED) is 0.918. The van der Waals surface area contributed by atoms with E-state index in [1.54, 1.807) is 18.7 Å². The summed E-state index contributed by atoms with van der Waals surface area (Å²) in [6, 6.07) is 0.0231. The lowest BCUT2D eigenvalue weighted by atomic mass is 10.1. The first kappa shape index (κ1) is 16.8. The molecule has 0 bridgehead atoms. The molecule has 1 saturated heterocycles.